The molecule has 0 radical (unpaired) electrons. The van der Waals surface area contributed by atoms with E-state index in [1.165, 1.54) is 6.20 Å². The number of hydrogen-bond donors (Lipinski definition) is 1. The van der Waals surface area contributed by atoms with E-state index in [0.29, 0.717) is 13.2 Å². The molecule has 0 fully saturated rings. The van der Waals surface area contributed by atoms with Crippen molar-refractivity contribution in [3.63, 3.8) is 0 Å². The number of nitrogens with zero attached hydrogens (tertiary/aromatic N) is 2. The molecule has 2 rings (SSSR count). The Balaban J connectivity index is 2.23. The van der Waals surface area contributed by atoms with Gasteiger partial charge in [0.2, 0.25) is 0 Å². The van der Waals surface area contributed by atoms with E-state index in [1.807, 2.05) is 25.1 Å². The molecule has 0 saturated heterocycles. The number of carboxylic acids is 1. The minimum atomic E-state index is -0.973. The SMILES string of the molecule is CCCOc1ccc(Br)cc1CN(CC)c1ccc(C(=O)O)cn1. The van der Waals surface area contributed by atoms with Gasteiger partial charge >= 0.3 is 5.97 Å². The molecule has 128 valence electrons. The van der Waals surface area contributed by atoms with E-state index in [-0.39, 0.29) is 5.56 Å². The smallest absolute Gasteiger partial charge is 0.337 e. The molecule has 0 aliphatic carbocycles. The van der Waals surface area contributed by atoms with Crippen LogP contribution in [0.5, 0.6) is 5.75 Å². The molecule has 0 spiro atoms. The lowest BCUT2D eigenvalue weighted by Crippen LogP contribution is -2.23. The van der Waals surface area contributed by atoms with Crippen LogP contribution >= 0.6 is 15.9 Å². The van der Waals surface area contributed by atoms with E-state index in [0.717, 1.165) is 34.6 Å². The first-order valence-electron chi connectivity index (χ1n) is 7.90. The summed E-state index contributed by atoms with van der Waals surface area (Å²) in [6.07, 6.45) is 2.33. The Kier molecular flexibility index (Phi) is 6.61. The van der Waals surface area contributed by atoms with Gasteiger partial charge in [0.25, 0.3) is 0 Å². The molecule has 1 aromatic carbocycles. The number of rotatable bonds is 8. The van der Waals surface area contributed by atoms with Gasteiger partial charge in [-0.3, -0.25) is 0 Å². The summed E-state index contributed by atoms with van der Waals surface area (Å²) in [5.41, 5.74) is 1.24. The van der Waals surface area contributed by atoms with E-state index in [9.17, 15) is 4.79 Å². The van der Waals surface area contributed by atoms with Gasteiger partial charge in [0.15, 0.2) is 0 Å². The molecule has 0 amide bonds. The van der Waals surface area contributed by atoms with E-state index in [1.54, 1.807) is 12.1 Å². The molecule has 5 nitrogen and oxygen atoms in total. The molecule has 6 heteroatoms. The lowest BCUT2D eigenvalue weighted by atomic mass is 10.2. The van der Waals surface area contributed by atoms with Crippen LogP contribution in [0.4, 0.5) is 5.82 Å². The largest absolute Gasteiger partial charge is 0.493 e. The molecule has 0 aliphatic rings. The number of benzene rings is 1. The van der Waals surface area contributed by atoms with Gasteiger partial charge in [0, 0.05) is 29.3 Å². The Morgan fingerprint density at radius 1 is 1.29 bits per heavy atom. The highest BCUT2D eigenvalue weighted by atomic mass is 79.9. The Labute approximate surface area is 150 Å². The molecule has 1 N–H and O–H groups in total. The minimum absolute atomic E-state index is 0.184. The third-order valence-electron chi connectivity index (χ3n) is 3.55. The van der Waals surface area contributed by atoms with Crippen molar-refractivity contribution >= 4 is 27.7 Å². The van der Waals surface area contributed by atoms with Crippen LogP contribution in [0.1, 0.15) is 36.2 Å². The highest BCUT2D eigenvalue weighted by Gasteiger charge is 2.12. The molecule has 0 aliphatic heterocycles. The predicted octanol–water partition coefficient (Wildman–Crippen LogP) is 4.36. The first-order valence-corrected chi connectivity index (χ1v) is 8.70. The minimum Gasteiger partial charge on any atom is -0.493 e. The summed E-state index contributed by atoms with van der Waals surface area (Å²) in [5, 5.41) is 8.98. The van der Waals surface area contributed by atoms with Crippen LogP contribution in [0.2, 0.25) is 0 Å². The normalized spacial score (nSPS) is 10.5. The summed E-state index contributed by atoms with van der Waals surface area (Å²) in [5.74, 6) is 0.629. The van der Waals surface area contributed by atoms with E-state index in [4.69, 9.17) is 9.84 Å². The van der Waals surface area contributed by atoms with E-state index >= 15 is 0 Å². The van der Waals surface area contributed by atoms with Crippen LogP contribution in [0.15, 0.2) is 41.0 Å². The zero-order valence-electron chi connectivity index (χ0n) is 13.8. The number of aromatic carboxylic acids is 1. The van der Waals surface area contributed by atoms with Gasteiger partial charge in [0.1, 0.15) is 11.6 Å². The third-order valence-corrected chi connectivity index (χ3v) is 4.04. The Morgan fingerprint density at radius 3 is 2.67 bits per heavy atom. The highest BCUT2D eigenvalue weighted by Crippen LogP contribution is 2.26. The van der Waals surface area contributed by atoms with Gasteiger partial charge < -0.3 is 14.7 Å². The fourth-order valence-electron chi connectivity index (χ4n) is 2.28. The summed E-state index contributed by atoms with van der Waals surface area (Å²) < 4.78 is 6.82. The lowest BCUT2D eigenvalue weighted by Gasteiger charge is -2.23. The zero-order chi connectivity index (χ0) is 17.5. The van der Waals surface area contributed by atoms with Gasteiger partial charge in [-0.2, -0.15) is 0 Å². The van der Waals surface area contributed by atoms with E-state index < -0.39 is 5.97 Å². The average molecular weight is 393 g/mol. The Hall–Kier alpha value is -2.08. The van der Waals surface area contributed by atoms with Gasteiger partial charge in [-0.25, -0.2) is 9.78 Å². The number of pyridine rings is 1. The second-order valence-corrected chi connectivity index (χ2v) is 6.24. The molecule has 0 saturated carbocycles. The molecule has 2 aromatic rings. The van der Waals surface area contributed by atoms with Crippen LogP contribution in [0.25, 0.3) is 0 Å². The highest BCUT2D eigenvalue weighted by molar-refractivity contribution is 9.10. The summed E-state index contributed by atoms with van der Waals surface area (Å²) in [4.78, 5) is 17.3. The lowest BCUT2D eigenvalue weighted by molar-refractivity contribution is 0.0696. The van der Waals surface area contributed by atoms with Gasteiger partial charge in [-0.1, -0.05) is 22.9 Å². The fraction of sp³-hybridized carbons (Fsp3) is 0.333. The summed E-state index contributed by atoms with van der Waals surface area (Å²) in [7, 11) is 0. The van der Waals surface area contributed by atoms with Crippen molar-refractivity contribution in [1.82, 2.24) is 4.98 Å². The maximum absolute atomic E-state index is 10.9. The van der Waals surface area contributed by atoms with Crippen LogP contribution in [-0.4, -0.2) is 29.2 Å². The first-order chi connectivity index (χ1) is 11.5. The molecular formula is C18H21BrN2O3. The maximum Gasteiger partial charge on any atom is 0.337 e. The van der Waals surface area contributed by atoms with Gasteiger partial charge in [-0.05, 0) is 43.7 Å². The van der Waals surface area contributed by atoms with Crippen molar-refractivity contribution in [2.45, 2.75) is 26.8 Å². The Morgan fingerprint density at radius 2 is 2.08 bits per heavy atom. The second kappa shape index (κ2) is 8.68. The van der Waals surface area contributed by atoms with Gasteiger partial charge in [0.05, 0.1) is 12.2 Å². The number of anilines is 1. The summed E-state index contributed by atoms with van der Waals surface area (Å²) in [6.45, 7) is 6.17. The third kappa shape index (κ3) is 4.71. The number of aromatic nitrogens is 1. The number of carboxylic acid groups (broad SMARTS) is 1. The van der Waals surface area contributed by atoms with Crippen molar-refractivity contribution in [2.75, 3.05) is 18.1 Å². The fourth-order valence-corrected chi connectivity index (χ4v) is 2.69. The monoisotopic (exact) mass is 392 g/mol. The zero-order valence-corrected chi connectivity index (χ0v) is 15.4. The molecule has 0 bridgehead atoms. The van der Waals surface area contributed by atoms with Crippen molar-refractivity contribution in [1.29, 1.82) is 0 Å². The van der Waals surface area contributed by atoms with Crippen LogP contribution in [-0.2, 0) is 6.54 Å². The van der Waals surface area contributed by atoms with Crippen LogP contribution < -0.4 is 9.64 Å². The van der Waals surface area contributed by atoms with Crippen LogP contribution in [0.3, 0.4) is 0 Å². The topological polar surface area (TPSA) is 62.7 Å². The molecule has 24 heavy (non-hydrogen) atoms. The maximum atomic E-state index is 10.9. The average Bonchev–Trinajstić information content (AvgIpc) is 2.59. The number of carbonyl (C=O) groups is 1. The summed E-state index contributed by atoms with van der Waals surface area (Å²) >= 11 is 3.50. The van der Waals surface area contributed by atoms with Crippen molar-refractivity contribution < 1.29 is 14.6 Å². The molecular weight excluding hydrogens is 372 g/mol. The van der Waals surface area contributed by atoms with E-state index in [2.05, 4.69) is 32.7 Å². The number of halogens is 1. The second-order valence-electron chi connectivity index (χ2n) is 5.32. The summed E-state index contributed by atoms with van der Waals surface area (Å²) in [6, 6.07) is 9.27. The molecule has 0 unspecified atom stereocenters. The van der Waals surface area contributed by atoms with Gasteiger partial charge in [-0.15, -0.1) is 0 Å². The Bertz CT molecular complexity index is 689. The van der Waals surface area contributed by atoms with Crippen molar-refractivity contribution in [3.05, 3.63) is 52.1 Å². The number of ether oxygens (including phenoxy) is 1. The van der Waals surface area contributed by atoms with Crippen molar-refractivity contribution in [2.24, 2.45) is 0 Å². The molecule has 1 aromatic heterocycles. The predicted molar refractivity (Wildman–Crippen MR) is 97.8 cm³/mol. The quantitative estimate of drug-likeness (QED) is 0.722. The standard InChI is InChI=1S/C18H21BrN2O3/c1-3-9-24-16-7-6-15(19)10-14(16)12-21(4-2)17-8-5-13(11-20-17)18(22)23/h5-8,10-11H,3-4,9,12H2,1-2H3,(H,22,23). The number of hydrogen-bond acceptors (Lipinski definition) is 4. The van der Waals surface area contributed by atoms with Crippen LogP contribution in [0, 0.1) is 0 Å². The van der Waals surface area contributed by atoms with Crippen molar-refractivity contribution in [3.8, 4) is 5.75 Å². The first kappa shape index (κ1) is 18.3. The molecule has 0 atom stereocenters. The molecule has 1 heterocycles.